The molecule has 1 fully saturated rings. The van der Waals surface area contributed by atoms with Gasteiger partial charge in [0.1, 0.15) is 0 Å². The van der Waals surface area contributed by atoms with Gasteiger partial charge in [0.15, 0.2) is 0 Å². The van der Waals surface area contributed by atoms with Crippen LogP contribution in [0.5, 0.6) is 0 Å². The first kappa shape index (κ1) is 11.8. The molecule has 0 aliphatic carbocycles. The second-order valence-corrected chi connectivity index (χ2v) is 3.73. The predicted octanol–water partition coefficient (Wildman–Crippen LogP) is 2.62. The van der Waals surface area contributed by atoms with Crippen molar-refractivity contribution in [3.63, 3.8) is 0 Å². The molecule has 1 nitrogen and oxygen atoms in total. The van der Waals surface area contributed by atoms with Crippen LogP contribution in [0.25, 0.3) is 0 Å². The lowest BCUT2D eigenvalue weighted by Crippen LogP contribution is -2.28. The van der Waals surface area contributed by atoms with Crippen molar-refractivity contribution in [3.8, 4) is 0 Å². The molecule has 3 heteroatoms. The average Bonchev–Trinajstić information content (AvgIpc) is 2.08. The molecule has 12 heavy (non-hydrogen) atoms. The SMILES string of the molecule is C.CC(C)CN1CCC(F)(F)C1. The zero-order valence-corrected chi connectivity index (χ0v) is 7.11. The summed E-state index contributed by atoms with van der Waals surface area (Å²) >= 11 is 0. The Balaban J connectivity index is 0.00000121. The van der Waals surface area contributed by atoms with Gasteiger partial charge in [0.25, 0.3) is 5.92 Å². The molecule has 0 saturated carbocycles. The minimum Gasteiger partial charge on any atom is -0.297 e. The molecule has 0 aromatic rings. The van der Waals surface area contributed by atoms with Crippen molar-refractivity contribution in [3.05, 3.63) is 0 Å². The molecule has 1 aliphatic heterocycles. The van der Waals surface area contributed by atoms with Crippen molar-refractivity contribution < 1.29 is 8.78 Å². The van der Waals surface area contributed by atoms with Gasteiger partial charge in [-0.3, -0.25) is 4.90 Å². The van der Waals surface area contributed by atoms with Crippen LogP contribution in [0.1, 0.15) is 27.7 Å². The zero-order valence-electron chi connectivity index (χ0n) is 7.11. The third-order valence-electron chi connectivity index (χ3n) is 1.87. The van der Waals surface area contributed by atoms with Gasteiger partial charge >= 0.3 is 0 Å². The van der Waals surface area contributed by atoms with Gasteiger partial charge in [-0.25, -0.2) is 8.78 Å². The molecule has 1 saturated heterocycles. The number of halogens is 2. The second kappa shape index (κ2) is 4.17. The summed E-state index contributed by atoms with van der Waals surface area (Å²) in [6.07, 6.45) is 0.0414. The molecule has 0 amide bonds. The van der Waals surface area contributed by atoms with Crippen LogP contribution in [0.3, 0.4) is 0 Å². The van der Waals surface area contributed by atoms with E-state index in [4.69, 9.17) is 0 Å². The third-order valence-corrected chi connectivity index (χ3v) is 1.87. The smallest absolute Gasteiger partial charge is 0.261 e. The number of likely N-dealkylation sites (tertiary alicyclic amines) is 1. The fraction of sp³-hybridized carbons (Fsp3) is 1.00. The summed E-state index contributed by atoms with van der Waals surface area (Å²) in [5.41, 5.74) is 0. The maximum Gasteiger partial charge on any atom is 0.261 e. The minimum absolute atomic E-state index is 0. The Morgan fingerprint density at radius 3 is 2.33 bits per heavy atom. The molecule has 0 aromatic carbocycles. The number of rotatable bonds is 2. The zero-order chi connectivity index (χ0) is 8.48. The van der Waals surface area contributed by atoms with Gasteiger partial charge in [-0.05, 0) is 5.92 Å². The van der Waals surface area contributed by atoms with Crippen molar-refractivity contribution in [2.45, 2.75) is 33.6 Å². The van der Waals surface area contributed by atoms with E-state index in [0.29, 0.717) is 12.5 Å². The van der Waals surface area contributed by atoms with Crippen molar-refractivity contribution in [2.24, 2.45) is 5.92 Å². The molecule has 0 atom stereocenters. The van der Waals surface area contributed by atoms with E-state index < -0.39 is 5.92 Å². The monoisotopic (exact) mass is 179 g/mol. The molecule has 0 N–H and O–H groups in total. The summed E-state index contributed by atoms with van der Waals surface area (Å²) in [5.74, 6) is -1.93. The Hall–Kier alpha value is -0.180. The highest BCUT2D eigenvalue weighted by atomic mass is 19.3. The Morgan fingerprint density at radius 2 is 2.00 bits per heavy atom. The van der Waals surface area contributed by atoms with Crippen molar-refractivity contribution in [1.29, 1.82) is 0 Å². The van der Waals surface area contributed by atoms with Crippen LogP contribution in [0, 0.1) is 5.92 Å². The first-order valence-electron chi connectivity index (χ1n) is 4.10. The quantitative estimate of drug-likeness (QED) is 0.630. The van der Waals surface area contributed by atoms with Crippen LogP contribution in [0.2, 0.25) is 0 Å². The van der Waals surface area contributed by atoms with Gasteiger partial charge in [-0.15, -0.1) is 0 Å². The molecule has 0 bridgehead atoms. The molecule has 0 spiro atoms. The van der Waals surface area contributed by atoms with Gasteiger partial charge < -0.3 is 0 Å². The molecule has 74 valence electrons. The lowest BCUT2D eigenvalue weighted by Gasteiger charge is -2.17. The van der Waals surface area contributed by atoms with E-state index in [9.17, 15) is 8.78 Å². The van der Waals surface area contributed by atoms with Gasteiger partial charge in [0.05, 0.1) is 6.54 Å². The summed E-state index contributed by atoms with van der Waals surface area (Å²) in [6, 6.07) is 0. The van der Waals surface area contributed by atoms with Crippen LogP contribution in [-0.2, 0) is 0 Å². The van der Waals surface area contributed by atoms with E-state index in [1.165, 1.54) is 0 Å². The Morgan fingerprint density at radius 1 is 1.42 bits per heavy atom. The van der Waals surface area contributed by atoms with Gasteiger partial charge in [-0.1, -0.05) is 21.3 Å². The Kier molecular flexibility index (Phi) is 4.11. The average molecular weight is 179 g/mol. The maximum atomic E-state index is 12.6. The fourth-order valence-electron chi connectivity index (χ4n) is 1.48. The lowest BCUT2D eigenvalue weighted by molar-refractivity contribution is 0.0113. The number of nitrogens with zero attached hydrogens (tertiary/aromatic N) is 1. The molecule has 0 unspecified atom stereocenters. The van der Waals surface area contributed by atoms with E-state index >= 15 is 0 Å². The number of hydrogen-bond donors (Lipinski definition) is 0. The van der Waals surface area contributed by atoms with E-state index in [0.717, 1.165) is 6.54 Å². The Labute approximate surface area is 73.7 Å². The number of alkyl halides is 2. The Bertz CT molecular complexity index is 134. The molecular formula is C9H19F2N. The topological polar surface area (TPSA) is 3.24 Å². The van der Waals surface area contributed by atoms with E-state index in [1.54, 1.807) is 0 Å². The summed E-state index contributed by atoms with van der Waals surface area (Å²) in [7, 11) is 0. The highest BCUT2D eigenvalue weighted by molar-refractivity contribution is 4.81. The molecule has 0 aromatic heterocycles. The largest absolute Gasteiger partial charge is 0.297 e. The van der Waals surface area contributed by atoms with Crippen LogP contribution < -0.4 is 0 Å². The normalized spacial score (nSPS) is 22.8. The predicted molar refractivity (Wildman–Crippen MR) is 47.6 cm³/mol. The molecule has 1 heterocycles. The van der Waals surface area contributed by atoms with Crippen LogP contribution >= 0.6 is 0 Å². The van der Waals surface area contributed by atoms with E-state index in [-0.39, 0.29) is 20.4 Å². The summed E-state index contributed by atoms with van der Waals surface area (Å²) in [4.78, 5) is 1.84. The van der Waals surface area contributed by atoms with E-state index in [2.05, 4.69) is 13.8 Å². The van der Waals surface area contributed by atoms with Gasteiger partial charge in [0, 0.05) is 19.5 Å². The minimum atomic E-state index is -2.42. The molecule has 1 aliphatic rings. The second-order valence-electron chi connectivity index (χ2n) is 3.73. The van der Waals surface area contributed by atoms with Crippen LogP contribution in [-0.4, -0.2) is 30.5 Å². The van der Waals surface area contributed by atoms with Crippen molar-refractivity contribution >= 4 is 0 Å². The van der Waals surface area contributed by atoms with Crippen LogP contribution in [0.15, 0.2) is 0 Å². The van der Waals surface area contributed by atoms with Gasteiger partial charge in [0.2, 0.25) is 0 Å². The highest BCUT2D eigenvalue weighted by Crippen LogP contribution is 2.26. The summed E-state index contributed by atoms with van der Waals surface area (Å²) in [5, 5.41) is 0. The third kappa shape index (κ3) is 3.48. The standard InChI is InChI=1S/C8H15F2N.CH4/c1-7(2)5-11-4-3-8(9,10)6-11;/h7H,3-6H2,1-2H3;1H4. The first-order valence-corrected chi connectivity index (χ1v) is 4.10. The molecule has 1 rings (SSSR count). The highest BCUT2D eigenvalue weighted by Gasteiger charge is 2.37. The lowest BCUT2D eigenvalue weighted by atomic mass is 10.2. The van der Waals surface area contributed by atoms with Crippen molar-refractivity contribution in [1.82, 2.24) is 4.90 Å². The van der Waals surface area contributed by atoms with Crippen LogP contribution in [0.4, 0.5) is 8.78 Å². The van der Waals surface area contributed by atoms with E-state index in [1.807, 2.05) is 4.90 Å². The molecule has 0 radical (unpaired) electrons. The van der Waals surface area contributed by atoms with Gasteiger partial charge in [-0.2, -0.15) is 0 Å². The van der Waals surface area contributed by atoms with Crippen molar-refractivity contribution in [2.75, 3.05) is 19.6 Å². The number of hydrogen-bond acceptors (Lipinski definition) is 1. The summed E-state index contributed by atoms with van der Waals surface area (Å²) in [6.45, 7) is 5.43. The molecular weight excluding hydrogens is 160 g/mol. The maximum absolute atomic E-state index is 12.6. The summed E-state index contributed by atoms with van der Waals surface area (Å²) < 4.78 is 25.2. The fourth-order valence-corrected chi connectivity index (χ4v) is 1.48. The first-order chi connectivity index (χ1) is 4.99.